The molecule has 0 fully saturated rings. The van der Waals surface area contributed by atoms with E-state index in [1.165, 1.54) is 6.33 Å². The fourth-order valence-corrected chi connectivity index (χ4v) is 1.05. The third kappa shape index (κ3) is 1.87. The molecule has 1 heterocycles. The molecule has 0 aliphatic heterocycles. The second kappa shape index (κ2) is 3.87. The quantitative estimate of drug-likeness (QED) is 0.714. The number of allylic oxidation sites excluding steroid dienone is 4. The van der Waals surface area contributed by atoms with Crippen molar-refractivity contribution in [2.24, 2.45) is 0 Å². The summed E-state index contributed by atoms with van der Waals surface area (Å²) in [5, 5.41) is 3.42. The van der Waals surface area contributed by atoms with Crippen molar-refractivity contribution in [2.75, 3.05) is 0 Å². The molecule has 0 aromatic carbocycles. The average Bonchev–Trinajstić information content (AvgIpc) is 2.69. The first kappa shape index (κ1) is 8.68. The van der Waals surface area contributed by atoms with Crippen molar-refractivity contribution in [1.29, 1.82) is 0 Å². The molecule has 0 atom stereocenters. The molecule has 1 aliphatic rings. The van der Waals surface area contributed by atoms with Crippen LogP contribution in [0.25, 0.3) is 0 Å². The highest BCUT2D eigenvalue weighted by molar-refractivity contribution is 5.95. The molecule has 0 saturated carbocycles. The molecule has 5 nitrogen and oxygen atoms in total. The Labute approximate surface area is 80.1 Å². The maximum Gasteiger partial charge on any atom is 0.264 e. The van der Waals surface area contributed by atoms with Crippen LogP contribution in [0, 0.1) is 0 Å². The minimum Gasteiger partial charge on any atom is -0.480 e. The lowest BCUT2D eigenvalue weighted by molar-refractivity contribution is -0.118. The molecule has 0 unspecified atom stereocenters. The van der Waals surface area contributed by atoms with Gasteiger partial charge in [0.25, 0.3) is 5.89 Å². The van der Waals surface area contributed by atoms with Crippen molar-refractivity contribution in [3.63, 3.8) is 0 Å². The first-order valence-corrected chi connectivity index (χ1v) is 4.14. The predicted octanol–water partition coefficient (Wildman–Crippen LogP) is 0.999. The van der Waals surface area contributed by atoms with Gasteiger partial charge in [0, 0.05) is 6.42 Å². The van der Waals surface area contributed by atoms with Gasteiger partial charge in [0.2, 0.25) is 5.78 Å². The molecular weight excluding hydrogens is 184 g/mol. The van der Waals surface area contributed by atoms with Crippen molar-refractivity contribution >= 4 is 5.78 Å². The molecular formula is C9H8N2O3. The number of aromatic nitrogens is 2. The summed E-state index contributed by atoms with van der Waals surface area (Å²) < 4.78 is 9.92. The van der Waals surface area contributed by atoms with Gasteiger partial charge < -0.3 is 9.26 Å². The van der Waals surface area contributed by atoms with Gasteiger partial charge in [0.15, 0.2) is 18.7 Å². The Morgan fingerprint density at radius 1 is 1.57 bits per heavy atom. The highest BCUT2D eigenvalue weighted by atomic mass is 16.5. The first-order valence-electron chi connectivity index (χ1n) is 4.14. The molecule has 1 aromatic heterocycles. The third-order valence-electron chi connectivity index (χ3n) is 1.72. The van der Waals surface area contributed by atoms with Crippen LogP contribution in [0.1, 0.15) is 12.3 Å². The molecule has 0 N–H and O–H groups in total. The Morgan fingerprint density at radius 2 is 2.50 bits per heavy atom. The van der Waals surface area contributed by atoms with Gasteiger partial charge in [-0.25, -0.2) is 0 Å². The van der Waals surface area contributed by atoms with Crippen molar-refractivity contribution in [3.05, 3.63) is 36.2 Å². The number of hydrogen-bond acceptors (Lipinski definition) is 5. The number of carbonyl (C=O) groups is 1. The normalized spacial score (nSPS) is 15.4. The summed E-state index contributed by atoms with van der Waals surface area (Å²) in [7, 11) is 0. The van der Waals surface area contributed by atoms with E-state index in [1.807, 2.05) is 0 Å². The topological polar surface area (TPSA) is 65.2 Å². The number of ketones is 1. The smallest absolute Gasteiger partial charge is 0.264 e. The number of rotatable bonds is 3. The third-order valence-corrected chi connectivity index (χ3v) is 1.72. The van der Waals surface area contributed by atoms with E-state index in [9.17, 15) is 4.79 Å². The van der Waals surface area contributed by atoms with E-state index in [0.29, 0.717) is 18.1 Å². The number of hydrogen-bond donors (Lipinski definition) is 0. The Kier molecular flexibility index (Phi) is 2.40. The monoisotopic (exact) mass is 192 g/mol. The van der Waals surface area contributed by atoms with E-state index in [2.05, 4.69) is 10.1 Å². The maximum absolute atomic E-state index is 11.2. The van der Waals surface area contributed by atoms with Crippen molar-refractivity contribution in [3.8, 4) is 0 Å². The van der Waals surface area contributed by atoms with Gasteiger partial charge >= 0.3 is 0 Å². The molecule has 2 rings (SSSR count). The van der Waals surface area contributed by atoms with Crippen LogP contribution in [-0.4, -0.2) is 15.9 Å². The largest absolute Gasteiger partial charge is 0.480 e. The number of Topliss-reactive ketones (excluding diaryl/α,β-unsaturated/α-hetero) is 1. The zero-order valence-electron chi connectivity index (χ0n) is 7.34. The van der Waals surface area contributed by atoms with Crippen molar-refractivity contribution in [1.82, 2.24) is 10.1 Å². The van der Waals surface area contributed by atoms with Crippen molar-refractivity contribution < 1.29 is 14.1 Å². The van der Waals surface area contributed by atoms with Gasteiger partial charge in [-0.1, -0.05) is 17.3 Å². The lowest BCUT2D eigenvalue weighted by atomic mass is 10.1. The number of nitrogens with zero attached hydrogens (tertiary/aromatic N) is 2. The van der Waals surface area contributed by atoms with Gasteiger partial charge in [-0.15, -0.1) is 0 Å². The zero-order chi connectivity index (χ0) is 9.80. The van der Waals surface area contributed by atoms with Crippen LogP contribution in [0.3, 0.4) is 0 Å². The molecule has 72 valence electrons. The predicted molar refractivity (Wildman–Crippen MR) is 45.9 cm³/mol. The van der Waals surface area contributed by atoms with E-state index < -0.39 is 0 Å². The Bertz CT molecular complexity index is 379. The molecule has 0 radical (unpaired) electrons. The zero-order valence-corrected chi connectivity index (χ0v) is 7.34. The van der Waals surface area contributed by atoms with Gasteiger partial charge in [-0.05, 0) is 6.08 Å². The van der Waals surface area contributed by atoms with Crippen LogP contribution in [0.15, 0.2) is 34.8 Å². The van der Waals surface area contributed by atoms with Crippen molar-refractivity contribution in [2.45, 2.75) is 13.0 Å². The van der Waals surface area contributed by atoms with Gasteiger partial charge in [-0.2, -0.15) is 4.98 Å². The van der Waals surface area contributed by atoms with E-state index >= 15 is 0 Å². The van der Waals surface area contributed by atoms with Crippen LogP contribution < -0.4 is 0 Å². The van der Waals surface area contributed by atoms with Crippen LogP contribution in [0.4, 0.5) is 0 Å². The molecule has 1 aromatic rings. The molecule has 0 saturated heterocycles. The summed E-state index contributed by atoms with van der Waals surface area (Å²) in [4.78, 5) is 15.0. The molecule has 0 spiro atoms. The lowest BCUT2D eigenvalue weighted by Gasteiger charge is -2.07. The van der Waals surface area contributed by atoms with Crippen LogP contribution >= 0.6 is 0 Å². The Morgan fingerprint density at radius 3 is 3.21 bits per heavy atom. The summed E-state index contributed by atoms with van der Waals surface area (Å²) in [6, 6.07) is 0. The van der Waals surface area contributed by atoms with Crippen LogP contribution in [0.5, 0.6) is 0 Å². The Balaban J connectivity index is 1.95. The fourth-order valence-electron chi connectivity index (χ4n) is 1.05. The standard InChI is InChI=1S/C9H8N2O3/c12-7-3-1-2-4-8(7)13-5-9-10-6-11-14-9/h1-2,4,6H,3,5H2. The number of carbonyl (C=O) groups excluding carboxylic acids is 1. The lowest BCUT2D eigenvalue weighted by Crippen LogP contribution is -2.07. The fraction of sp³-hybridized carbons (Fsp3) is 0.222. The summed E-state index contributed by atoms with van der Waals surface area (Å²) in [6.07, 6.45) is 6.86. The summed E-state index contributed by atoms with van der Waals surface area (Å²) in [6.45, 7) is 0.130. The summed E-state index contributed by atoms with van der Waals surface area (Å²) in [5.74, 6) is 0.658. The average molecular weight is 192 g/mol. The van der Waals surface area contributed by atoms with Gasteiger partial charge in [0.05, 0.1) is 0 Å². The highest BCUT2D eigenvalue weighted by Gasteiger charge is 2.12. The summed E-state index contributed by atoms with van der Waals surface area (Å²) >= 11 is 0. The van der Waals surface area contributed by atoms with Gasteiger partial charge in [-0.3, -0.25) is 4.79 Å². The minimum absolute atomic E-state index is 0.0352. The van der Waals surface area contributed by atoms with Gasteiger partial charge in [0.1, 0.15) is 0 Å². The maximum atomic E-state index is 11.2. The molecule has 14 heavy (non-hydrogen) atoms. The van der Waals surface area contributed by atoms with Crippen LogP contribution in [-0.2, 0) is 16.1 Å². The van der Waals surface area contributed by atoms with E-state index in [0.717, 1.165) is 0 Å². The minimum atomic E-state index is -0.0352. The van der Waals surface area contributed by atoms with E-state index in [4.69, 9.17) is 9.26 Å². The Hall–Kier alpha value is -1.91. The second-order valence-electron chi connectivity index (χ2n) is 2.71. The number of ether oxygens (including phenoxy) is 1. The van der Waals surface area contributed by atoms with Crippen LogP contribution in [0.2, 0.25) is 0 Å². The van der Waals surface area contributed by atoms with E-state index in [-0.39, 0.29) is 12.4 Å². The summed E-state index contributed by atoms with van der Waals surface area (Å²) in [5.41, 5.74) is 0. The molecule has 0 bridgehead atoms. The first-order chi connectivity index (χ1) is 6.86. The highest BCUT2D eigenvalue weighted by Crippen LogP contribution is 2.11. The SMILES string of the molecule is O=C1CC=CC=C1OCc1ncno1. The molecule has 1 aliphatic carbocycles. The van der Waals surface area contributed by atoms with E-state index in [1.54, 1.807) is 18.2 Å². The molecule has 5 heteroatoms. The second-order valence-corrected chi connectivity index (χ2v) is 2.71. The molecule has 0 amide bonds.